The molecule has 0 aromatic heterocycles. The molecule has 0 bridgehead atoms. The first kappa shape index (κ1) is 16.0. The molecule has 1 aliphatic rings. The molecule has 22 heavy (non-hydrogen) atoms. The van der Waals surface area contributed by atoms with Crippen molar-refractivity contribution in [1.29, 1.82) is 5.26 Å². The largest absolute Gasteiger partial charge is 0.492 e. The third kappa shape index (κ3) is 4.58. The smallest absolute Gasteiger partial charge is 0.346 e. The van der Waals surface area contributed by atoms with Crippen LogP contribution in [0.1, 0.15) is 5.56 Å². The second kappa shape index (κ2) is 8.17. The Bertz CT molecular complexity index is 586. The van der Waals surface area contributed by atoms with Gasteiger partial charge < -0.3 is 14.6 Å². The molecule has 1 heterocycles. The van der Waals surface area contributed by atoms with E-state index in [0.717, 1.165) is 32.8 Å². The first-order valence-corrected chi connectivity index (χ1v) is 7.07. The van der Waals surface area contributed by atoms with Crippen molar-refractivity contribution in [2.45, 2.75) is 0 Å². The summed E-state index contributed by atoms with van der Waals surface area (Å²) >= 11 is 0. The number of hydrogen-bond donors (Lipinski definition) is 1. The molecule has 0 radical (unpaired) electrons. The number of nitrogens with zero attached hydrogens (tertiary/aromatic N) is 2. The number of carbonyl (C=O) groups is 1. The van der Waals surface area contributed by atoms with Crippen LogP contribution in [0.4, 0.5) is 0 Å². The third-order valence-corrected chi connectivity index (χ3v) is 3.34. The minimum atomic E-state index is -1.24. The highest BCUT2D eigenvalue weighted by atomic mass is 16.5. The van der Waals surface area contributed by atoms with E-state index in [4.69, 9.17) is 19.8 Å². The lowest BCUT2D eigenvalue weighted by Gasteiger charge is -2.26. The van der Waals surface area contributed by atoms with Gasteiger partial charge in [-0.3, -0.25) is 4.90 Å². The molecule has 0 amide bonds. The van der Waals surface area contributed by atoms with Gasteiger partial charge in [0.1, 0.15) is 24.0 Å². The molecule has 2 rings (SSSR count). The summed E-state index contributed by atoms with van der Waals surface area (Å²) in [7, 11) is 0. The van der Waals surface area contributed by atoms with Crippen LogP contribution in [0.3, 0.4) is 0 Å². The average molecular weight is 302 g/mol. The minimum absolute atomic E-state index is 0.316. The van der Waals surface area contributed by atoms with E-state index in [1.807, 2.05) is 6.07 Å². The molecule has 0 saturated carbocycles. The molecular weight excluding hydrogens is 284 g/mol. The molecule has 1 aliphatic heterocycles. The van der Waals surface area contributed by atoms with Crippen LogP contribution in [0.25, 0.3) is 6.08 Å². The van der Waals surface area contributed by atoms with Gasteiger partial charge in [-0.2, -0.15) is 5.26 Å². The van der Waals surface area contributed by atoms with Crippen molar-refractivity contribution in [3.8, 4) is 11.8 Å². The molecule has 0 atom stereocenters. The van der Waals surface area contributed by atoms with Gasteiger partial charge in [0.05, 0.1) is 13.2 Å². The highest BCUT2D eigenvalue weighted by Gasteiger charge is 2.11. The number of ether oxygens (including phenoxy) is 2. The first-order valence-electron chi connectivity index (χ1n) is 7.07. The third-order valence-electron chi connectivity index (χ3n) is 3.34. The van der Waals surface area contributed by atoms with Crippen LogP contribution in [0.5, 0.6) is 5.75 Å². The highest BCUT2D eigenvalue weighted by Crippen LogP contribution is 2.21. The summed E-state index contributed by atoms with van der Waals surface area (Å²) < 4.78 is 11.0. The number of carboxylic acids is 1. The molecule has 0 aliphatic carbocycles. The summed E-state index contributed by atoms with van der Waals surface area (Å²) in [5, 5.41) is 17.8. The molecule has 0 spiro atoms. The number of para-hydroxylation sites is 1. The Kier molecular flexibility index (Phi) is 5.95. The fourth-order valence-corrected chi connectivity index (χ4v) is 2.14. The SMILES string of the molecule is N#CC(=Cc1ccccc1OCCN1CCOCC1)C(=O)O. The van der Waals surface area contributed by atoms with E-state index >= 15 is 0 Å². The predicted octanol–water partition coefficient (Wildman–Crippen LogP) is 1.39. The van der Waals surface area contributed by atoms with Crippen LogP contribution in [0.2, 0.25) is 0 Å². The van der Waals surface area contributed by atoms with E-state index < -0.39 is 5.97 Å². The quantitative estimate of drug-likeness (QED) is 0.631. The number of carboxylic acid groups (broad SMARTS) is 1. The Morgan fingerprint density at radius 3 is 2.82 bits per heavy atom. The number of hydrogen-bond acceptors (Lipinski definition) is 5. The predicted molar refractivity (Wildman–Crippen MR) is 80.4 cm³/mol. The highest BCUT2D eigenvalue weighted by molar-refractivity contribution is 5.96. The average Bonchev–Trinajstić information content (AvgIpc) is 2.54. The van der Waals surface area contributed by atoms with Gasteiger partial charge in [0.2, 0.25) is 0 Å². The van der Waals surface area contributed by atoms with Crippen LogP contribution >= 0.6 is 0 Å². The van der Waals surface area contributed by atoms with Gasteiger partial charge in [-0.05, 0) is 12.1 Å². The summed E-state index contributed by atoms with van der Waals surface area (Å²) in [6.45, 7) is 4.54. The van der Waals surface area contributed by atoms with Gasteiger partial charge in [0, 0.05) is 25.2 Å². The van der Waals surface area contributed by atoms with Crippen LogP contribution in [-0.4, -0.2) is 55.4 Å². The van der Waals surface area contributed by atoms with E-state index in [1.54, 1.807) is 24.3 Å². The zero-order valence-electron chi connectivity index (χ0n) is 12.2. The lowest BCUT2D eigenvalue weighted by atomic mass is 10.1. The van der Waals surface area contributed by atoms with Gasteiger partial charge in [-0.25, -0.2) is 4.79 Å². The van der Waals surface area contributed by atoms with Crippen molar-refractivity contribution in [3.05, 3.63) is 35.4 Å². The van der Waals surface area contributed by atoms with Crippen molar-refractivity contribution in [2.24, 2.45) is 0 Å². The Morgan fingerprint density at radius 1 is 1.41 bits per heavy atom. The molecule has 1 fully saturated rings. The molecular formula is C16H18N2O4. The number of nitriles is 1. The molecule has 6 nitrogen and oxygen atoms in total. The van der Waals surface area contributed by atoms with Gasteiger partial charge in [0.25, 0.3) is 0 Å². The molecule has 1 saturated heterocycles. The van der Waals surface area contributed by atoms with Gasteiger partial charge in [-0.1, -0.05) is 18.2 Å². The summed E-state index contributed by atoms with van der Waals surface area (Å²) in [4.78, 5) is 13.2. The maximum Gasteiger partial charge on any atom is 0.346 e. The molecule has 0 unspecified atom stereocenters. The van der Waals surface area contributed by atoms with Crippen LogP contribution in [-0.2, 0) is 9.53 Å². The standard InChI is InChI=1S/C16H18N2O4/c17-12-14(16(19)20)11-13-3-1-2-4-15(13)22-10-7-18-5-8-21-9-6-18/h1-4,11H,5-10H2,(H,19,20). The van der Waals surface area contributed by atoms with E-state index in [0.29, 0.717) is 17.9 Å². The Morgan fingerprint density at radius 2 is 2.14 bits per heavy atom. The fourth-order valence-electron chi connectivity index (χ4n) is 2.14. The van der Waals surface area contributed by atoms with Crippen LogP contribution in [0, 0.1) is 11.3 Å². The number of benzene rings is 1. The second-order valence-corrected chi connectivity index (χ2v) is 4.82. The topological polar surface area (TPSA) is 82.8 Å². The van der Waals surface area contributed by atoms with Crippen molar-refractivity contribution in [3.63, 3.8) is 0 Å². The van der Waals surface area contributed by atoms with Gasteiger partial charge in [-0.15, -0.1) is 0 Å². The zero-order chi connectivity index (χ0) is 15.8. The summed E-state index contributed by atoms with van der Waals surface area (Å²) in [6, 6.07) is 8.75. The summed E-state index contributed by atoms with van der Waals surface area (Å²) in [6.07, 6.45) is 1.33. The van der Waals surface area contributed by atoms with Crippen LogP contribution < -0.4 is 4.74 Å². The molecule has 1 aromatic carbocycles. The molecule has 1 aromatic rings. The summed E-state index contributed by atoms with van der Waals surface area (Å²) in [5.41, 5.74) is 0.271. The molecule has 6 heteroatoms. The minimum Gasteiger partial charge on any atom is -0.492 e. The Labute approximate surface area is 129 Å². The molecule has 1 N–H and O–H groups in total. The van der Waals surface area contributed by atoms with Crippen LogP contribution in [0.15, 0.2) is 29.8 Å². The maximum atomic E-state index is 10.9. The fraction of sp³-hybridized carbons (Fsp3) is 0.375. The second-order valence-electron chi connectivity index (χ2n) is 4.82. The normalized spacial score (nSPS) is 16.0. The monoisotopic (exact) mass is 302 g/mol. The van der Waals surface area contributed by atoms with Crippen molar-refractivity contribution in [1.82, 2.24) is 4.90 Å². The Hall–Kier alpha value is -2.36. The number of morpholine rings is 1. The van der Waals surface area contributed by atoms with E-state index in [9.17, 15) is 4.79 Å². The van der Waals surface area contributed by atoms with Crippen molar-refractivity contribution in [2.75, 3.05) is 39.5 Å². The zero-order valence-corrected chi connectivity index (χ0v) is 12.2. The lowest BCUT2D eigenvalue weighted by Crippen LogP contribution is -2.38. The molecule has 116 valence electrons. The van der Waals surface area contributed by atoms with E-state index in [-0.39, 0.29) is 5.57 Å². The number of aliphatic carboxylic acids is 1. The van der Waals surface area contributed by atoms with Crippen molar-refractivity contribution < 1.29 is 19.4 Å². The maximum absolute atomic E-state index is 10.9. The van der Waals surface area contributed by atoms with E-state index in [2.05, 4.69) is 4.90 Å². The van der Waals surface area contributed by atoms with Gasteiger partial charge in [0.15, 0.2) is 0 Å². The summed E-state index contributed by atoms with van der Waals surface area (Å²) in [5.74, 6) is -0.671. The first-order chi connectivity index (χ1) is 10.7. The van der Waals surface area contributed by atoms with Crippen molar-refractivity contribution >= 4 is 12.0 Å². The number of rotatable bonds is 6. The van der Waals surface area contributed by atoms with Gasteiger partial charge >= 0.3 is 5.97 Å². The van der Waals surface area contributed by atoms with E-state index in [1.165, 1.54) is 6.08 Å². The lowest BCUT2D eigenvalue weighted by molar-refractivity contribution is -0.132. The Balaban J connectivity index is 1.99.